The molecule has 0 aliphatic heterocycles. The Bertz CT molecular complexity index is 671. The summed E-state index contributed by atoms with van der Waals surface area (Å²) in [5.74, 6) is 0.226. The maximum absolute atomic E-state index is 11.9. The Labute approximate surface area is 133 Å². The maximum Gasteiger partial charge on any atom is 0.280 e. The third-order valence-electron chi connectivity index (χ3n) is 2.81. The fourth-order valence-corrected chi connectivity index (χ4v) is 1.75. The predicted octanol–water partition coefficient (Wildman–Crippen LogP) is 2.96. The van der Waals surface area contributed by atoms with Gasteiger partial charge in [0.25, 0.3) is 5.91 Å². The van der Waals surface area contributed by atoms with Crippen LogP contribution in [-0.2, 0) is 4.79 Å². The highest BCUT2D eigenvalue weighted by atomic mass is 35.5. The van der Waals surface area contributed by atoms with Gasteiger partial charge in [0, 0.05) is 10.6 Å². The van der Waals surface area contributed by atoms with E-state index in [0.29, 0.717) is 16.3 Å². The van der Waals surface area contributed by atoms with Crippen molar-refractivity contribution in [3.05, 3.63) is 59.1 Å². The molecule has 0 fully saturated rings. The number of rotatable bonds is 5. The van der Waals surface area contributed by atoms with Gasteiger partial charge < -0.3 is 9.84 Å². The summed E-state index contributed by atoms with van der Waals surface area (Å²) < 4.78 is 5.46. The first-order valence-corrected chi connectivity index (χ1v) is 6.97. The maximum atomic E-state index is 11.9. The van der Waals surface area contributed by atoms with Crippen LogP contribution < -0.4 is 10.2 Å². The Morgan fingerprint density at radius 3 is 2.64 bits per heavy atom. The SMILES string of the molecule is C[C@H](Oc1ccc(Cl)cc1)C(=O)N/N=C\c1ccccc1O. The van der Waals surface area contributed by atoms with Crippen molar-refractivity contribution < 1.29 is 14.6 Å². The summed E-state index contributed by atoms with van der Waals surface area (Å²) in [5.41, 5.74) is 2.87. The minimum atomic E-state index is -0.720. The van der Waals surface area contributed by atoms with E-state index in [-0.39, 0.29) is 5.75 Å². The Morgan fingerprint density at radius 2 is 1.95 bits per heavy atom. The second-order valence-electron chi connectivity index (χ2n) is 4.51. The molecule has 114 valence electrons. The molecular weight excluding hydrogens is 304 g/mol. The van der Waals surface area contributed by atoms with Gasteiger partial charge in [-0.05, 0) is 43.3 Å². The molecule has 0 aromatic heterocycles. The molecule has 2 aromatic carbocycles. The summed E-state index contributed by atoms with van der Waals surface area (Å²) in [7, 11) is 0. The van der Waals surface area contributed by atoms with Gasteiger partial charge in [0.15, 0.2) is 6.10 Å². The number of amides is 1. The number of benzene rings is 2. The van der Waals surface area contributed by atoms with Crippen LogP contribution in [0.4, 0.5) is 0 Å². The summed E-state index contributed by atoms with van der Waals surface area (Å²) in [4.78, 5) is 11.9. The number of ether oxygens (including phenoxy) is 1. The van der Waals surface area contributed by atoms with E-state index in [1.165, 1.54) is 12.3 Å². The molecule has 6 heteroatoms. The predicted molar refractivity (Wildman–Crippen MR) is 85.4 cm³/mol. The molecule has 1 atom stereocenters. The van der Waals surface area contributed by atoms with Crippen LogP contribution in [0.2, 0.25) is 5.02 Å². The van der Waals surface area contributed by atoms with Gasteiger partial charge >= 0.3 is 0 Å². The normalized spacial score (nSPS) is 12.1. The number of halogens is 1. The van der Waals surface area contributed by atoms with Gasteiger partial charge in [0.05, 0.1) is 6.21 Å². The van der Waals surface area contributed by atoms with Crippen LogP contribution in [0.1, 0.15) is 12.5 Å². The topological polar surface area (TPSA) is 70.9 Å². The van der Waals surface area contributed by atoms with Crippen LogP contribution in [0, 0.1) is 0 Å². The van der Waals surface area contributed by atoms with Gasteiger partial charge in [-0.2, -0.15) is 5.10 Å². The first-order chi connectivity index (χ1) is 10.6. The second-order valence-corrected chi connectivity index (χ2v) is 4.94. The lowest BCUT2D eigenvalue weighted by Gasteiger charge is -2.12. The monoisotopic (exact) mass is 318 g/mol. The van der Waals surface area contributed by atoms with E-state index < -0.39 is 12.0 Å². The molecule has 0 aliphatic carbocycles. The van der Waals surface area contributed by atoms with Gasteiger partial charge in [0.2, 0.25) is 0 Å². The molecule has 22 heavy (non-hydrogen) atoms. The van der Waals surface area contributed by atoms with E-state index in [1.54, 1.807) is 49.4 Å². The summed E-state index contributed by atoms with van der Waals surface area (Å²) in [5, 5.41) is 14.0. The summed E-state index contributed by atoms with van der Waals surface area (Å²) in [6.45, 7) is 1.61. The minimum Gasteiger partial charge on any atom is -0.507 e. The van der Waals surface area contributed by atoms with Crippen LogP contribution in [0.25, 0.3) is 0 Å². The Balaban J connectivity index is 1.89. The summed E-state index contributed by atoms with van der Waals surface area (Å²) >= 11 is 5.78. The highest BCUT2D eigenvalue weighted by molar-refractivity contribution is 6.30. The quantitative estimate of drug-likeness (QED) is 0.657. The third-order valence-corrected chi connectivity index (χ3v) is 3.06. The molecule has 2 N–H and O–H groups in total. The molecule has 2 rings (SSSR count). The number of para-hydroxylation sites is 1. The van der Waals surface area contributed by atoms with Crippen LogP contribution in [0.5, 0.6) is 11.5 Å². The van der Waals surface area contributed by atoms with Crippen molar-refractivity contribution in [2.24, 2.45) is 5.10 Å². The van der Waals surface area contributed by atoms with Crippen molar-refractivity contribution >= 4 is 23.7 Å². The van der Waals surface area contributed by atoms with Gasteiger partial charge in [-0.15, -0.1) is 0 Å². The summed E-state index contributed by atoms with van der Waals surface area (Å²) in [6, 6.07) is 13.4. The molecule has 5 nitrogen and oxygen atoms in total. The first kappa shape index (κ1) is 15.9. The standard InChI is InChI=1S/C16H15ClN2O3/c1-11(22-14-8-6-13(17)7-9-14)16(21)19-18-10-12-4-2-3-5-15(12)20/h2-11,20H,1H3,(H,19,21)/b18-10-/t11-/m0/s1. The van der Waals surface area contributed by atoms with Gasteiger partial charge in [-0.25, -0.2) is 5.43 Å². The molecule has 2 aromatic rings. The number of phenols is 1. The van der Waals surface area contributed by atoms with Crippen LogP contribution in [-0.4, -0.2) is 23.3 Å². The molecule has 1 amide bonds. The van der Waals surface area contributed by atoms with E-state index in [1.807, 2.05) is 0 Å². The van der Waals surface area contributed by atoms with Crippen molar-refractivity contribution in [3.8, 4) is 11.5 Å². The van der Waals surface area contributed by atoms with Crippen molar-refractivity contribution in [2.45, 2.75) is 13.0 Å². The molecule has 0 saturated heterocycles. The first-order valence-electron chi connectivity index (χ1n) is 6.59. The number of hydrogen-bond donors (Lipinski definition) is 2. The van der Waals surface area contributed by atoms with Gasteiger partial charge in [0.1, 0.15) is 11.5 Å². The average molecular weight is 319 g/mol. The number of carbonyl (C=O) groups is 1. The third kappa shape index (κ3) is 4.49. The van der Waals surface area contributed by atoms with Crippen molar-refractivity contribution in [1.29, 1.82) is 0 Å². The average Bonchev–Trinajstić information content (AvgIpc) is 2.51. The molecular formula is C16H15ClN2O3. The van der Waals surface area contributed by atoms with Crippen molar-refractivity contribution in [3.63, 3.8) is 0 Å². The number of hydrazone groups is 1. The lowest BCUT2D eigenvalue weighted by molar-refractivity contribution is -0.127. The molecule has 0 bridgehead atoms. The van der Waals surface area contributed by atoms with Crippen LogP contribution in [0.3, 0.4) is 0 Å². The smallest absolute Gasteiger partial charge is 0.280 e. The van der Waals surface area contributed by atoms with E-state index in [0.717, 1.165) is 0 Å². The molecule has 0 radical (unpaired) electrons. The number of hydrogen-bond acceptors (Lipinski definition) is 4. The minimum absolute atomic E-state index is 0.0889. The van der Waals surface area contributed by atoms with Crippen molar-refractivity contribution in [1.82, 2.24) is 5.43 Å². The van der Waals surface area contributed by atoms with E-state index in [2.05, 4.69) is 10.5 Å². The molecule has 0 unspecified atom stereocenters. The lowest BCUT2D eigenvalue weighted by Crippen LogP contribution is -2.33. The zero-order chi connectivity index (χ0) is 15.9. The number of phenolic OH excluding ortho intramolecular Hbond substituents is 1. The fourth-order valence-electron chi connectivity index (χ4n) is 1.62. The van der Waals surface area contributed by atoms with E-state index >= 15 is 0 Å². The molecule has 0 spiro atoms. The van der Waals surface area contributed by atoms with Gasteiger partial charge in [-0.1, -0.05) is 23.7 Å². The lowest BCUT2D eigenvalue weighted by atomic mass is 10.2. The molecule has 0 aliphatic rings. The number of nitrogens with zero attached hydrogens (tertiary/aromatic N) is 1. The molecule has 0 heterocycles. The zero-order valence-electron chi connectivity index (χ0n) is 11.9. The number of nitrogens with one attached hydrogen (secondary N) is 1. The highest BCUT2D eigenvalue weighted by Gasteiger charge is 2.13. The van der Waals surface area contributed by atoms with E-state index in [9.17, 15) is 9.90 Å². The fraction of sp³-hybridized carbons (Fsp3) is 0.125. The molecule has 0 saturated carbocycles. The second kappa shape index (κ2) is 7.47. The summed E-state index contributed by atoms with van der Waals surface area (Å²) in [6.07, 6.45) is 0.644. The Hall–Kier alpha value is -2.53. The Kier molecular flexibility index (Phi) is 5.38. The van der Waals surface area contributed by atoms with Crippen molar-refractivity contribution in [2.75, 3.05) is 0 Å². The largest absolute Gasteiger partial charge is 0.507 e. The zero-order valence-corrected chi connectivity index (χ0v) is 12.6. The Morgan fingerprint density at radius 1 is 1.27 bits per heavy atom. The van der Waals surface area contributed by atoms with Gasteiger partial charge in [-0.3, -0.25) is 4.79 Å². The number of carbonyl (C=O) groups excluding carboxylic acids is 1. The van der Waals surface area contributed by atoms with Crippen LogP contribution >= 0.6 is 11.6 Å². The van der Waals surface area contributed by atoms with Crippen LogP contribution in [0.15, 0.2) is 53.6 Å². The highest BCUT2D eigenvalue weighted by Crippen LogP contribution is 2.16. The van der Waals surface area contributed by atoms with E-state index in [4.69, 9.17) is 16.3 Å². The number of aromatic hydroxyl groups is 1.